The Labute approximate surface area is 119 Å². The third kappa shape index (κ3) is 2.40. The van der Waals surface area contributed by atoms with Crippen molar-refractivity contribution in [1.82, 2.24) is 4.90 Å². The molecular weight excluding hydrogens is 252 g/mol. The maximum atomic E-state index is 12.5. The molecule has 2 aliphatic rings. The van der Waals surface area contributed by atoms with Crippen LogP contribution in [0.5, 0.6) is 5.75 Å². The lowest BCUT2D eigenvalue weighted by Gasteiger charge is -2.29. The van der Waals surface area contributed by atoms with E-state index in [1.807, 2.05) is 29.2 Å². The number of hydrogen-bond acceptors (Lipinski definition) is 3. The molecule has 4 nitrogen and oxygen atoms in total. The van der Waals surface area contributed by atoms with Crippen molar-refractivity contribution >= 4 is 5.91 Å². The number of amides is 1. The predicted molar refractivity (Wildman–Crippen MR) is 77.7 cm³/mol. The first-order valence-corrected chi connectivity index (χ1v) is 7.38. The lowest BCUT2D eigenvalue weighted by Crippen LogP contribution is -2.38. The van der Waals surface area contributed by atoms with Crippen molar-refractivity contribution < 1.29 is 9.53 Å². The zero-order valence-electron chi connectivity index (χ0n) is 11.9. The molecule has 1 amide bonds. The van der Waals surface area contributed by atoms with Crippen molar-refractivity contribution in [3.8, 4) is 5.75 Å². The van der Waals surface area contributed by atoms with Gasteiger partial charge >= 0.3 is 0 Å². The molecule has 0 spiro atoms. The normalized spacial score (nSPS) is 29.1. The summed E-state index contributed by atoms with van der Waals surface area (Å²) in [5.74, 6) is 1.99. The molecule has 1 aromatic rings. The second-order valence-electron chi connectivity index (χ2n) is 5.96. The zero-order valence-corrected chi connectivity index (χ0v) is 11.9. The molecular formula is C16H22N2O2. The van der Waals surface area contributed by atoms with Crippen LogP contribution in [0.25, 0.3) is 0 Å². The van der Waals surface area contributed by atoms with Gasteiger partial charge in [-0.3, -0.25) is 4.79 Å². The Morgan fingerprint density at radius 3 is 2.65 bits per heavy atom. The Morgan fingerprint density at radius 1 is 1.25 bits per heavy atom. The van der Waals surface area contributed by atoms with Gasteiger partial charge in [0, 0.05) is 24.7 Å². The second-order valence-corrected chi connectivity index (χ2v) is 5.96. The number of hydrogen-bond donors (Lipinski definition) is 1. The van der Waals surface area contributed by atoms with Crippen LogP contribution in [0.1, 0.15) is 29.6 Å². The fraction of sp³-hybridized carbons (Fsp3) is 0.562. The Balaban J connectivity index is 1.71. The van der Waals surface area contributed by atoms with Crippen molar-refractivity contribution in [3.63, 3.8) is 0 Å². The molecule has 0 radical (unpaired) electrons. The van der Waals surface area contributed by atoms with Crippen LogP contribution in [0.2, 0.25) is 0 Å². The highest BCUT2D eigenvalue weighted by atomic mass is 16.5. The van der Waals surface area contributed by atoms with Gasteiger partial charge in [0.1, 0.15) is 5.75 Å². The molecule has 1 heterocycles. The van der Waals surface area contributed by atoms with E-state index in [4.69, 9.17) is 10.5 Å². The van der Waals surface area contributed by atoms with Crippen LogP contribution in [0.4, 0.5) is 0 Å². The third-order valence-electron chi connectivity index (χ3n) is 4.78. The third-order valence-corrected chi connectivity index (χ3v) is 4.78. The van der Waals surface area contributed by atoms with Gasteiger partial charge in [-0.15, -0.1) is 0 Å². The average Bonchev–Trinajstić information content (AvgIpc) is 2.92. The van der Waals surface area contributed by atoms with E-state index in [1.54, 1.807) is 7.11 Å². The molecule has 3 atom stereocenters. The van der Waals surface area contributed by atoms with Crippen molar-refractivity contribution in [1.29, 1.82) is 0 Å². The molecule has 108 valence electrons. The number of carbonyl (C=O) groups is 1. The minimum atomic E-state index is 0.120. The van der Waals surface area contributed by atoms with E-state index >= 15 is 0 Å². The van der Waals surface area contributed by atoms with E-state index in [0.717, 1.165) is 30.8 Å². The molecule has 2 fully saturated rings. The summed E-state index contributed by atoms with van der Waals surface area (Å²) in [5.41, 5.74) is 6.94. The van der Waals surface area contributed by atoms with Crippen molar-refractivity contribution in [2.24, 2.45) is 17.6 Å². The van der Waals surface area contributed by atoms with E-state index < -0.39 is 0 Å². The van der Waals surface area contributed by atoms with Gasteiger partial charge in [0.2, 0.25) is 0 Å². The van der Waals surface area contributed by atoms with E-state index in [2.05, 4.69) is 0 Å². The highest BCUT2D eigenvalue weighted by molar-refractivity contribution is 5.94. The number of rotatable bonds is 2. The fourth-order valence-electron chi connectivity index (χ4n) is 3.60. The summed E-state index contributed by atoms with van der Waals surface area (Å²) in [6.07, 6.45) is 3.52. The monoisotopic (exact) mass is 274 g/mol. The first-order valence-electron chi connectivity index (χ1n) is 7.38. The largest absolute Gasteiger partial charge is 0.497 e. The van der Waals surface area contributed by atoms with Gasteiger partial charge in [-0.1, -0.05) is 6.42 Å². The molecule has 4 heteroatoms. The molecule has 1 aliphatic carbocycles. The second kappa shape index (κ2) is 5.44. The van der Waals surface area contributed by atoms with Crippen LogP contribution in [-0.4, -0.2) is 37.0 Å². The number of nitrogens with two attached hydrogens (primary N) is 1. The quantitative estimate of drug-likeness (QED) is 0.896. The summed E-state index contributed by atoms with van der Waals surface area (Å²) in [7, 11) is 1.63. The van der Waals surface area contributed by atoms with Gasteiger partial charge < -0.3 is 15.4 Å². The molecule has 3 rings (SSSR count). The fourth-order valence-corrected chi connectivity index (χ4v) is 3.60. The molecule has 1 saturated carbocycles. The number of benzene rings is 1. The Morgan fingerprint density at radius 2 is 2.00 bits per heavy atom. The van der Waals surface area contributed by atoms with Crippen LogP contribution in [0, 0.1) is 11.8 Å². The lowest BCUT2D eigenvalue weighted by atomic mass is 9.78. The average molecular weight is 274 g/mol. The van der Waals surface area contributed by atoms with Gasteiger partial charge in [0.15, 0.2) is 0 Å². The van der Waals surface area contributed by atoms with Gasteiger partial charge in [-0.2, -0.15) is 0 Å². The standard InChI is InChI=1S/C16H22N2O2/c1-20-13-7-5-11(6-8-13)16(19)18-9-12-3-2-4-15(17)14(12)10-18/h5-8,12,14-15H,2-4,9-10,17H2,1H3. The SMILES string of the molecule is COc1ccc(C(=O)N2CC3CCCC(N)C3C2)cc1. The molecule has 20 heavy (non-hydrogen) atoms. The van der Waals surface area contributed by atoms with E-state index in [-0.39, 0.29) is 11.9 Å². The first-order chi connectivity index (χ1) is 9.69. The maximum absolute atomic E-state index is 12.5. The van der Waals surface area contributed by atoms with Crippen molar-refractivity contribution in [3.05, 3.63) is 29.8 Å². The van der Waals surface area contributed by atoms with Crippen molar-refractivity contribution in [2.75, 3.05) is 20.2 Å². The Hall–Kier alpha value is -1.55. The summed E-state index contributed by atoms with van der Waals surface area (Å²) >= 11 is 0. The topological polar surface area (TPSA) is 55.6 Å². The number of ether oxygens (including phenoxy) is 1. The van der Waals surface area contributed by atoms with Gasteiger partial charge in [0.05, 0.1) is 7.11 Å². The minimum absolute atomic E-state index is 0.120. The summed E-state index contributed by atoms with van der Waals surface area (Å²) < 4.78 is 5.12. The van der Waals surface area contributed by atoms with Crippen LogP contribution in [-0.2, 0) is 0 Å². The highest BCUT2D eigenvalue weighted by Crippen LogP contribution is 2.36. The first kappa shape index (κ1) is 13.4. The number of likely N-dealkylation sites (tertiary alicyclic amines) is 1. The van der Waals surface area contributed by atoms with E-state index in [9.17, 15) is 4.79 Å². The molecule has 3 unspecified atom stereocenters. The summed E-state index contributed by atoms with van der Waals surface area (Å²) in [6.45, 7) is 1.68. The molecule has 2 N–H and O–H groups in total. The molecule has 0 bridgehead atoms. The molecule has 1 aromatic carbocycles. The lowest BCUT2D eigenvalue weighted by molar-refractivity contribution is 0.0783. The van der Waals surface area contributed by atoms with Gasteiger partial charge in [-0.05, 0) is 48.9 Å². The minimum Gasteiger partial charge on any atom is -0.497 e. The van der Waals surface area contributed by atoms with Crippen LogP contribution in [0.3, 0.4) is 0 Å². The number of nitrogens with zero attached hydrogens (tertiary/aromatic N) is 1. The van der Waals surface area contributed by atoms with Gasteiger partial charge in [-0.25, -0.2) is 0 Å². The number of carbonyl (C=O) groups excluding carboxylic acids is 1. The zero-order chi connectivity index (χ0) is 14.1. The van der Waals surface area contributed by atoms with E-state index in [1.165, 1.54) is 12.8 Å². The molecule has 0 aromatic heterocycles. The summed E-state index contributed by atoms with van der Waals surface area (Å²) in [6, 6.07) is 7.61. The summed E-state index contributed by atoms with van der Waals surface area (Å²) in [5, 5.41) is 0. The number of fused-ring (bicyclic) bond motifs is 1. The molecule has 1 aliphatic heterocycles. The predicted octanol–water partition coefficient (Wildman–Crippen LogP) is 1.89. The van der Waals surface area contributed by atoms with Crippen molar-refractivity contribution in [2.45, 2.75) is 25.3 Å². The number of methoxy groups -OCH3 is 1. The van der Waals surface area contributed by atoms with Crippen LogP contribution in [0.15, 0.2) is 24.3 Å². The Bertz CT molecular complexity index is 486. The smallest absolute Gasteiger partial charge is 0.253 e. The van der Waals surface area contributed by atoms with Crippen LogP contribution < -0.4 is 10.5 Å². The Kier molecular flexibility index (Phi) is 3.66. The van der Waals surface area contributed by atoms with Crippen LogP contribution >= 0.6 is 0 Å². The van der Waals surface area contributed by atoms with E-state index in [0.29, 0.717) is 11.8 Å². The summed E-state index contributed by atoms with van der Waals surface area (Å²) in [4.78, 5) is 14.5. The molecule has 1 saturated heterocycles. The maximum Gasteiger partial charge on any atom is 0.253 e. The highest BCUT2D eigenvalue weighted by Gasteiger charge is 2.40. The van der Waals surface area contributed by atoms with Gasteiger partial charge in [0.25, 0.3) is 5.91 Å².